The Labute approximate surface area is 185 Å². The van der Waals surface area contributed by atoms with E-state index in [1.807, 2.05) is 29.1 Å². The maximum Gasteiger partial charge on any atom is 0.304 e. The Hall–Kier alpha value is -2.31. The Bertz CT molecular complexity index is 1010. The number of fused-ring (bicyclic) bond motifs is 3. The molecule has 0 aliphatic carbocycles. The molecule has 1 aliphatic rings. The highest BCUT2D eigenvalue weighted by Crippen LogP contribution is 2.46. The maximum atomic E-state index is 14.1. The summed E-state index contributed by atoms with van der Waals surface area (Å²) in [7, 11) is 0. The molecular weight excluding hydrogens is 425 g/mol. The number of benzene rings is 1. The predicted molar refractivity (Wildman–Crippen MR) is 122 cm³/mol. The molecule has 0 amide bonds. The first kappa shape index (κ1) is 24.0. The standard InChI is InChI=1S/C19H18FNO3S.C4H7Cl/c1-3-4-7-25-19-17-14(11(2)22)9-13(20)10-15(17)21-6-5-12(18(19)21)8-16(23)24;1-2-3-4-5/h3-4,7,9-10,12H,1,5-6,8H2,2H3,(H,23,24);2-3H,4H2,1H3/b7-4+;3-2-. The van der Waals surface area contributed by atoms with E-state index >= 15 is 0 Å². The Morgan fingerprint density at radius 2 is 2.17 bits per heavy atom. The van der Waals surface area contributed by atoms with E-state index in [1.165, 1.54) is 30.8 Å². The monoisotopic (exact) mass is 449 g/mol. The van der Waals surface area contributed by atoms with Gasteiger partial charge in [-0.2, -0.15) is 0 Å². The fraction of sp³-hybridized carbons (Fsp3) is 0.304. The van der Waals surface area contributed by atoms with Crippen LogP contribution in [0.5, 0.6) is 0 Å². The number of thioether (sulfide) groups is 1. The van der Waals surface area contributed by atoms with Crippen LogP contribution in [0.1, 0.15) is 48.7 Å². The van der Waals surface area contributed by atoms with Crippen LogP contribution in [0.2, 0.25) is 0 Å². The van der Waals surface area contributed by atoms with Gasteiger partial charge in [0, 0.05) is 39.9 Å². The molecule has 0 spiro atoms. The third-order valence-corrected chi connectivity index (χ3v) is 5.86. The van der Waals surface area contributed by atoms with Crippen LogP contribution in [-0.4, -0.2) is 27.3 Å². The molecule has 2 aromatic rings. The summed E-state index contributed by atoms with van der Waals surface area (Å²) in [5.41, 5.74) is 1.87. The smallest absolute Gasteiger partial charge is 0.304 e. The fourth-order valence-electron chi connectivity index (χ4n) is 3.55. The summed E-state index contributed by atoms with van der Waals surface area (Å²) in [6.45, 7) is 7.62. The van der Waals surface area contributed by atoms with E-state index in [1.54, 1.807) is 12.2 Å². The molecule has 1 atom stereocenters. The van der Waals surface area contributed by atoms with Gasteiger partial charge in [0.2, 0.25) is 0 Å². The molecule has 1 aromatic carbocycles. The van der Waals surface area contributed by atoms with Crippen molar-refractivity contribution >= 4 is 46.0 Å². The molecular formula is C23H25ClFNO3S. The number of hydrogen-bond donors (Lipinski definition) is 1. The number of hydrogen-bond acceptors (Lipinski definition) is 3. The zero-order valence-corrected chi connectivity index (χ0v) is 18.6. The van der Waals surface area contributed by atoms with Gasteiger partial charge in [0.15, 0.2) is 5.78 Å². The van der Waals surface area contributed by atoms with Crippen LogP contribution in [0.15, 0.2) is 53.3 Å². The molecule has 1 unspecified atom stereocenters. The van der Waals surface area contributed by atoms with Gasteiger partial charge in [0.05, 0.1) is 11.9 Å². The number of alkyl halides is 1. The lowest BCUT2D eigenvalue weighted by Gasteiger charge is -2.09. The van der Waals surface area contributed by atoms with Gasteiger partial charge >= 0.3 is 5.97 Å². The first-order valence-electron chi connectivity index (χ1n) is 9.55. The molecule has 3 rings (SSSR count). The molecule has 4 nitrogen and oxygen atoms in total. The van der Waals surface area contributed by atoms with E-state index < -0.39 is 11.8 Å². The molecule has 0 bridgehead atoms. The number of Topliss-reactive ketones (excluding diaryl/α,β-unsaturated/α-hetero) is 1. The van der Waals surface area contributed by atoms with E-state index in [4.69, 9.17) is 11.6 Å². The molecule has 2 heterocycles. The summed E-state index contributed by atoms with van der Waals surface area (Å²) in [5, 5.41) is 11.8. The van der Waals surface area contributed by atoms with Crippen molar-refractivity contribution in [1.29, 1.82) is 0 Å². The van der Waals surface area contributed by atoms with Crippen LogP contribution >= 0.6 is 23.4 Å². The normalized spacial score (nSPS) is 15.4. The average Bonchev–Trinajstić information content (AvgIpc) is 3.21. The number of carboxylic acids is 1. The van der Waals surface area contributed by atoms with Crippen molar-refractivity contribution in [3.8, 4) is 0 Å². The molecule has 160 valence electrons. The molecule has 30 heavy (non-hydrogen) atoms. The largest absolute Gasteiger partial charge is 0.481 e. The second kappa shape index (κ2) is 11.2. The van der Waals surface area contributed by atoms with E-state index in [0.29, 0.717) is 35.3 Å². The van der Waals surface area contributed by atoms with Gasteiger partial charge in [-0.15, -0.1) is 11.6 Å². The summed E-state index contributed by atoms with van der Waals surface area (Å²) in [4.78, 5) is 24.1. The van der Waals surface area contributed by atoms with Gasteiger partial charge in [-0.3, -0.25) is 9.59 Å². The molecule has 1 aliphatic heterocycles. The number of carbonyl (C=O) groups excluding carboxylic acids is 1. The zero-order valence-electron chi connectivity index (χ0n) is 17.0. The van der Waals surface area contributed by atoms with Gasteiger partial charge in [-0.25, -0.2) is 4.39 Å². The average molecular weight is 450 g/mol. The number of halogens is 2. The minimum absolute atomic E-state index is 0.0208. The lowest BCUT2D eigenvalue weighted by atomic mass is 9.99. The van der Waals surface area contributed by atoms with Crippen molar-refractivity contribution in [3.05, 3.63) is 65.5 Å². The van der Waals surface area contributed by atoms with Crippen LogP contribution in [0, 0.1) is 5.82 Å². The van der Waals surface area contributed by atoms with Gasteiger partial charge in [0.25, 0.3) is 0 Å². The Balaban J connectivity index is 0.000000575. The van der Waals surface area contributed by atoms with Crippen LogP contribution in [-0.2, 0) is 11.3 Å². The number of rotatable bonds is 7. The molecule has 0 fully saturated rings. The molecule has 0 saturated carbocycles. The second-order valence-corrected chi connectivity index (χ2v) is 7.98. The minimum Gasteiger partial charge on any atom is -0.481 e. The van der Waals surface area contributed by atoms with Crippen molar-refractivity contribution in [2.45, 2.75) is 44.0 Å². The van der Waals surface area contributed by atoms with Gasteiger partial charge in [0.1, 0.15) is 5.82 Å². The summed E-state index contributed by atoms with van der Waals surface area (Å²) in [6, 6.07) is 2.68. The van der Waals surface area contributed by atoms with Crippen molar-refractivity contribution in [1.82, 2.24) is 4.57 Å². The number of aromatic nitrogens is 1. The van der Waals surface area contributed by atoms with Crippen molar-refractivity contribution < 1.29 is 19.1 Å². The predicted octanol–water partition coefficient (Wildman–Crippen LogP) is 6.54. The van der Waals surface area contributed by atoms with Crippen LogP contribution < -0.4 is 0 Å². The zero-order chi connectivity index (χ0) is 22.3. The number of ketones is 1. The molecule has 0 saturated heterocycles. The highest BCUT2D eigenvalue weighted by atomic mass is 35.5. The molecule has 1 aromatic heterocycles. The SMILES string of the molecule is C/C=C\CCl.C=C/C=C/Sc1c2n(c3cc(F)cc(C(C)=O)c13)CCC2CC(=O)O. The highest BCUT2D eigenvalue weighted by Gasteiger charge is 2.32. The first-order valence-corrected chi connectivity index (χ1v) is 11.0. The third-order valence-electron chi connectivity index (χ3n) is 4.74. The topological polar surface area (TPSA) is 59.3 Å². The number of allylic oxidation sites excluding steroid dienone is 4. The van der Waals surface area contributed by atoms with E-state index in [9.17, 15) is 19.1 Å². The highest BCUT2D eigenvalue weighted by molar-refractivity contribution is 8.02. The van der Waals surface area contributed by atoms with E-state index in [2.05, 4.69) is 6.58 Å². The van der Waals surface area contributed by atoms with Crippen molar-refractivity contribution in [2.24, 2.45) is 0 Å². The number of carbonyl (C=O) groups is 2. The van der Waals surface area contributed by atoms with Crippen LogP contribution in [0.4, 0.5) is 4.39 Å². The number of aliphatic carboxylic acids is 1. The maximum absolute atomic E-state index is 14.1. The summed E-state index contributed by atoms with van der Waals surface area (Å²) in [6.07, 6.45) is 7.95. The van der Waals surface area contributed by atoms with Gasteiger partial charge in [-0.1, -0.05) is 42.6 Å². The van der Waals surface area contributed by atoms with Crippen LogP contribution in [0.3, 0.4) is 0 Å². The minimum atomic E-state index is -0.862. The van der Waals surface area contributed by atoms with E-state index in [-0.39, 0.29) is 18.1 Å². The third kappa shape index (κ3) is 5.43. The summed E-state index contributed by atoms with van der Waals surface area (Å²) in [5.74, 6) is -1.04. The Morgan fingerprint density at radius 3 is 2.70 bits per heavy atom. The van der Waals surface area contributed by atoms with Crippen molar-refractivity contribution in [2.75, 3.05) is 5.88 Å². The quantitative estimate of drug-likeness (QED) is 0.171. The number of carboxylic acid groups (broad SMARTS) is 1. The molecule has 0 radical (unpaired) electrons. The molecule has 7 heteroatoms. The fourth-order valence-corrected chi connectivity index (χ4v) is 4.79. The second-order valence-electron chi connectivity index (χ2n) is 6.76. The summed E-state index contributed by atoms with van der Waals surface area (Å²) >= 11 is 6.63. The van der Waals surface area contributed by atoms with Crippen LogP contribution in [0.25, 0.3) is 10.9 Å². The van der Waals surface area contributed by atoms with Crippen molar-refractivity contribution in [3.63, 3.8) is 0 Å². The lowest BCUT2D eigenvalue weighted by Crippen LogP contribution is -2.04. The molecule has 1 N–H and O–H groups in total. The van der Waals surface area contributed by atoms with Gasteiger partial charge in [-0.05, 0) is 37.8 Å². The number of nitrogens with zero attached hydrogens (tertiary/aromatic N) is 1. The first-order chi connectivity index (χ1) is 14.3. The lowest BCUT2D eigenvalue weighted by molar-refractivity contribution is -0.137. The summed E-state index contributed by atoms with van der Waals surface area (Å²) < 4.78 is 16.0. The van der Waals surface area contributed by atoms with Gasteiger partial charge < -0.3 is 9.67 Å². The number of aryl methyl sites for hydroxylation is 1. The van der Waals surface area contributed by atoms with E-state index in [0.717, 1.165) is 10.6 Å². The Kier molecular flexibility index (Phi) is 8.93. The Morgan fingerprint density at radius 1 is 1.43 bits per heavy atom.